The fourth-order valence-electron chi connectivity index (χ4n) is 9.21. The minimum absolute atomic E-state index is 0.0248. The fourth-order valence-corrected chi connectivity index (χ4v) is 9.21. The Morgan fingerprint density at radius 1 is 0.939 bits per heavy atom. The number of hydrogen-bond donors (Lipinski definition) is 1. The van der Waals surface area contributed by atoms with Crippen molar-refractivity contribution >= 4 is 5.97 Å². The van der Waals surface area contributed by atoms with Gasteiger partial charge in [0.15, 0.2) is 0 Å². The second-order valence-corrected chi connectivity index (χ2v) is 13.3. The summed E-state index contributed by atoms with van der Waals surface area (Å²) in [6.45, 7) is 16.7. The van der Waals surface area contributed by atoms with Crippen molar-refractivity contribution in [2.24, 2.45) is 38.9 Å². The molecule has 4 unspecified atom stereocenters. The molecule has 184 valence electrons. The van der Waals surface area contributed by atoms with Gasteiger partial charge in [-0.1, -0.05) is 70.6 Å². The zero-order valence-corrected chi connectivity index (χ0v) is 22.0. The topological polar surface area (TPSA) is 46.5 Å². The first kappa shape index (κ1) is 24.8. The average Bonchev–Trinajstić information content (AvgIpc) is 3.13. The van der Waals surface area contributed by atoms with E-state index in [1.807, 2.05) is 0 Å². The van der Waals surface area contributed by atoms with Crippen molar-refractivity contribution < 1.29 is 14.6 Å². The molecule has 1 heterocycles. The van der Waals surface area contributed by atoms with E-state index in [4.69, 9.17) is 4.74 Å². The summed E-state index contributed by atoms with van der Waals surface area (Å²) in [5.41, 5.74) is 1.23. The largest absolute Gasteiger partial charge is 0.465 e. The van der Waals surface area contributed by atoms with Gasteiger partial charge in [-0.05, 0) is 85.9 Å². The molecule has 4 fully saturated rings. The first-order chi connectivity index (χ1) is 15.3. The quantitative estimate of drug-likeness (QED) is 0.368. The summed E-state index contributed by atoms with van der Waals surface area (Å²) in [6, 6.07) is 0. The van der Waals surface area contributed by atoms with Crippen LogP contribution in [0.1, 0.15) is 93.4 Å². The van der Waals surface area contributed by atoms with Gasteiger partial charge in [-0.3, -0.25) is 4.79 Å². The lowest BCUT2D eigenvalue weighted by molar-refractivity contribution is -0.237. The van der Waals surface area contributed by atoms with Crippen LogP contribution in [-0.2, 0) is 9.53 Å². The number of rotatable bonds is 3. The van der Waals surface area contributed by atoms with E-state index in [9.17, 15) is 9.90 Å². The van der Waals surface area contributed by atoms with Crippen molar-refractivity contribution in [3.8, 4) is 0 Å². The molecule has 0 radical (unpaired) electrons. The standard InChI is InChI=1S/C30H46O3/c1-21(2)11-9-8-10-15-27(5)16-12-23-28(6)17-14-24(31)26(3,4)22(28)13-18-29(23,7)30(27)19-25(32)33-20-30/h8-11,15,22-24,31H,12-14,16-20H2,1-7H3/b9-8+,15-10+/t22?,23?,24?,27-,28-,29?,30-/m0/s1. The van der Waals surface area contributed by atoms with Crippen LogP contribution in [0.5, 0.6) is 0 Å². The molecular weight excluding hydrogens is 408 g/mol. The van der Waals surface area contributed by atoms with Gasteiger partial charge < -0.3 is 9.84 Å². The Kier molecular flexibility index (Phi) is 6.08. The zero-order valence-electron chi connectivity index (χ0n) is 22.0. The molecule has 7 atom stereocenters. The summed E-state index contributed by atoms with van der Waals surface area (Å²) in [7, 11) is 0. The number of carbonyl (C=O) groups is 1. The van der Waals surface area contributed by atoms with E-state index < -0.39 is 0 Å². The zero-order chi connectivity index (χ0) is 24.3. The van der Waals surface area contributed by atoms with Gasteiger partial charge in [0.25, 0.3) is 0 Å². The van der Waals surface area contributed by atoms with Crippen LogP contribution < -0.4 is 0 Å². The summed E-state index contributed by atoms with van der Waals surface area (Å²) in [4.78, 5) is 12.7. The lowest BCUT2D eigenvalue weighted by Gasteiger charge is -2.71. The number of ether oxygens (including phenoxy) is 1. The molecule has 33 heavy (non-hydrogen) atoms. The molecule has 3 aliphatic carbocycles. The Labute approximate surface area is 201 Å². The minimum atomic E-state index is -0.213. The van der Waals surface area contributed by atoms with E-state index in [0.29, 0.717) is 24.9 Å². The van der Waals surface area contributed by atoms with E-state index >= 15 is 0 Å². The van der Waals surface area contributed by atoms with Crippen LogP contribution in [0, 0.1) is 38.9 Å². The first-order valence-electron chi connectivity index (χ1n) is 13.2. The Morgan fingerprint density at radius 2 is 1.64 bits per heavy atom. The molecule has 0 aromatic heterocycles. The van der Waals surface area contributed by atoms with Gasteiger partial charge in [-0.25, -0.2) is 0 Å². The van der Waals surface area contributed by atoms with Crippen LogP contribution in [0.25, 0.3) is 0 Å². The van der Waals surface area contributed by atoms with Crippen LogP contribution in [0.2, 0.25) is 0 Å². The van der Waals surface area contributed by atoms with Gasteiger partial charge in [0, 0.05) is 5.41 Å². The number of carbonyl (C=O) groups excluding carboxylic acids is 1. The number of hydrogen-bond acceptors (Lipinski definition) is 3. The second-order valence-electron chi connectivity index (χ2n) is 13.3. The maximum absolute atomic E-state index is 12.7. The minimum Gasteiger partial charge on any atom is -0.465 e. The number of aliphatic hydroxyl groups is 1. The molecule has 1 aliphatic heterocycles. The monoisotopic (exact) mass is 454 g/mol. The Balaban J connectivity index is 1.74. The molecular formula is C30H46O3. The van der Waals surface area contributed by atoms with E-state index in [2.05, 4.69) is 78.8 Å². The van der Waals surface area contributed by atoms with E-state index in [1.54, 1.807) is 0 Å². The molecule has 1 saturated heterocycles. The van der Waals surface area contributed by atoms with Gasteiger partial charge in [-0.15, -0.1) is 0 Å². The van der Waals surface area contributed by atoms with E-state index in [1.165, 1.54) is 12.0 Å². The lowest BCUT2D eigenvalue weighted by Crippen LogP contribution is -2.67. The maximum Gasteiger partial charge on any atom is 0.306 e. The van der Waals surface area contributed by atoms with E-state index in [-0.39, 0.29) is 39.1 Å². The van der Waals surface area contributed by atoms with Gasteiger partial charge in [0.2, 0.25) is 0 Å². The first-order valence-corrected chi connectivity index (χ1v) is 13.2. The molecule has 1 N–H and O–H groups in total. The second kappa shape index (κ2) is 8.11. The predicted octanol–water partition coefficient (Wildman–Crippen LogP) is 7.02. The van der Waals surface area contributed by atoms with Crippen LogP contribution in [0.4, 0.5) is 0 Å². The van der Waals surface area contributed by atoms with Crippen molar-refractivity contribution in [3.63, 3.8) is 0 Å². The smallest absolute Gasteiger partial charge is 0.306 e. The third-order valence-corrected chi connectivity index (χ3v) is 11.2. The van der Waals surface area contributed by atoms with E-state index in [0.717, 1.165) is 32.1 Å². The highest BCUT2D eigenvalue weighted by atomic mass is 16.5. The Morgan fingerprint density at radius 3 is 2.27 bits per heavy atom. The highest BCUT2D eigenvalue weighted by Gasteiger charge is 2.72. The summed E-state index contributed by atoms with van der Waals surface area (Å²) in [5.74, 6) is 1.05. The van der Waals surface area contributed by atoms with Gasteiger partial charge in [0.05, 0.1) is 19.1 Å². The summed E-state index contributed by atoms with van der Waals surface area (Å²) >= 11 is 0. The van der Waals surface area contributed by atoms with Gasteiger partial charge in [0.1, 0.15) is 0 Å². The van der Waals surface area contributed by atoms with Crippen LogP contribution in [0.15, 0.2) is 36.0 Å². The summed E-state index contributed by atoms with van der Waals surface area (Å²) < 4.78 is 5.80. The molecule has 0 aromatic carbocycles. The highest BCUT2D eigenvalue weighted by Crippen LogP contribution is 2.76. The molecule has 0 aromatic rings. The molecule has 3 saturated carbocycles. The molecule has 4 rings (SSSR count). The Hall–Kier alpha value is -1.35. The molecule has 3 heteroatoms. The number of esters is 1. The predicted molar refractivity (Wildman–Crippen MR) is 135 cm³/mol. The third kappa shape index (κ3) is 3.51. The van der Waals surface area contributed by atoms with Crippen molar-refractivity contribution in [2.45, 2.75) is 99.5 Å². The number of aliphatic hydroxyl groups excluding tert-OH is 1. The number of cyclic esters (lactones) is 1. The van der Waals surface area contributed by atoms with Crippen LogP contribution in [-0.4, -0.2) is 23.8 Å². The number of fused-ring (bicyclic) bond motifs is 4. The SMILES string of the molecule is CC(C)=C/C=C/C=C/[C@@]1(C)CCC2C(C)(CCC3C(C)(C)C(O)CC[C@@]32C)[C@@]12COC(=O)C2. The molecule has 0 amide bonds. The normalized spacial score (nSPS) is 46.9. The van der Waals surface area contributed by atoms with Gasteiger partial charge >= 0.3 is 5.97 Å². The van der Waals surface area contributed by atoms with Crippen molar-refractivity contribution in [1.29, 1.82) is 0 Å². The highest BCUT2D eigenvalue weighted by molar-refractivity contribution is 5.73. The van der Waals surface area contributed by atoms with Crippen molar-refractivity contribution in [3.05, 3.63) is 36.0 Å². The number of allylic oxidation sites excluding steroid dienone is 6. The Bertz CT molecular complexity index is 877. The average molecular weight is 455 g/mol. The molecule has 0 bridgehead atoms. The molecule has 1 spiro atoms. The van der Waals surface area contributed by atoms with Crippen LogP contribution in [0.3, 0.4) is 0 Å². The third-order valence-electron chi connectivity index (χ3n) is 11.2. The molecule has 4 aliphatic rings. The van der Waals surface area contributed by atoms with Crippen LogP contribution >= 0.6 is 0 Å². The van der Waals surface area contributed by atoms with Crippen molar-refractivity contribution in [2.75, 3.05) is 6.61 Å². The summed E-state index contributed by atoms with van der Waals surface area (Å²) in [6.07, 6.45) is 17.7. The fraction of sp³-hybridized carbons (Fsp3) is 0.767. The van der Waals surface area contributed by atoms with Gasteiger partial charge in [-0.2, -0.15) is 0 Å². The lowest BCUT2D eigenvalue weighted by atomic mass is 9.33. The maximum atomic E-state index is 12.7. The summed E-state index contributed by atoms with van der Waals surface area (Å²) in [5, 5.41) is 10.9. The molecule has 3 nitrogen and oxygen atoms in total. The van der Waals surface area contributed by atoms with Crippen molar-refractivity contribution in [1.82, 2.24) is 0 Å².